The first kappa shape index (κ1) is 23.7. The number of amides is 3. The maximum Gasteiger partial charge on any atom is 0.317 e. The number of carbonyl (C=O) groups is 2. The van der Waals surface area contributed by atoms with Crippen LogP contribution >= 0.6 is 34.8 Å². The summed E-state index contributed by atoms with van der Waals surface area (Å²) in [6, 6.07) is 4.44. The SMILES string of the molecule is CC(Nc1nc(N2CCN(C(=O)[C@H]3CN(C)C(=O)N3)CC2)ncc1Cl)c1ccc(Cl)cc1Cl. The molecule has 0 bridgehead atoms. The smallest absolute Gasteiger partial charge is 0.317 e. The highest BCUT2D eigenvalue weighted by Gasteiger charge is 2.35. The van der Waals surface area contributed by atoms with Crippen LogP contribution in [0.4, 0.5) is 16.6 Å². The summed E-state index contributed by atoms with van der Waals surface area (Å²) in [7, 11) is 1.67. The Morgan fingerprint density at radius 1 is 1.18 bits per heavy atom. The van der Waals surface area contributed by atoms with Gasteiger partial charge in [-0.2, -0.15) is 4.98 Å². The number of carbonyl (C=O) groups excluding carboxylic acids is 2. The van der Waals surface area contributed by atoms with E-state index < -0.39 is 6.04 Å². The molecule has 1 unspecified atom stereocenters. The van der Waals surface area contributed by atoms with Gasteiger partial charge >= 0.3 is 6.03 Å². The van der Waals surface area contributed by atoms with Gasteiger partial charge in [0.15, 0.2) is 5.82 Å². The summed E-state index contributed by atoms with van der Waals surface area (Å²) in [6.07, 6.45) is 1.56. The molecule has 3 heterocycles. The molecule has 1 aromatic heterocycles. The van der Waals surface area contributed by atoms with E-state index in [2.05, 4.69) is 20.6 Å². The first-order valence-electron chi connectivity index (χ1n) is 10.5. The van der Waals surface area contributed by atoms with Crippen LogP contribution in [0.3, 0.4) is 0 Å². The van der Waals surface area contributed by atoms with E-state index in [1.54, 1.807) is 30.3 Å². The molecule has 2 aliphatic rings. The van der Waals surface area contributed by atoms with Crippen LogP contribution in [0.5, 0.6) is 0 Å². The topological polar surface area (TPSA) is 93.7 Å². The molecule has 176 valence electrons. The second-order valence-corrected chi connectivity index (χ2v) is 9.34. The summed E-state index contributed by atoms with van der Waals surface area (Å²) < 4.78 is 0. The molecule has 0 aliphatic carbocycles. The normalized spacial score (nSPS) is 19.5. The zero-order chi connectivity index (χ0) is 23.7. The number of piperazine rings is 1. The van der Waals surface area contributed by atoms with Crippen molar-refractivity contribution in [2.75, 3.05) is 50.0 Å². The van der Waals surface area contributed by atoms with Gasteiger partial charge in [-0.05, 0) is 24.6 Å². The molecule has 2 fully saturated rings. The van der Waals surface area contributed by atoms with Crippen LogP contribution in [-0.2, 0) is 4.79 Å². The maximum atomic E-state index is 12.7. The second-order valence-electron chi connectivity index (χ2n) is 8.09. The van der Waals surface area contributed by atoms with Gasteiger partial charge in [0.05, 0.1) is 18.8 Å². The fourth-order valence-electron chi connectivity index (χ4n) is 3.90. The molecule has 2 aliphatic heterocycles. The van der Waals surface area contributed by atoms with Crippen molar-refractivity contribution in [3.63, 3.8) is 0 Å². The number of hydrogen-bond acceptors (Lipinski definition) is 6. The van der Waals surface area contributed by atoms with Gasteiger partial charge in [-0.3, -0.25) is 4.79 Å². The van der Waals surface area contributed by atoms with E-state index in [1.165, 1.54) is 4.90 Å². The molecule has 4 rings (SSSR count). The number of nitrogens with zero attached hydrogens (tertiary/aromatic N) is 5. The van der Waals surface area contributed by atoms with Gasteiger partial charge in [-0.15, -0.1) is 0 Å². The van der Waals surface area contributed by atoms with E-state index in [1.807, 2.05) is 17.9 Å². The monoisotopic (exact) mass is 511 g/mol. The molecule has 0 saturated carbocycles. The first-order chi connectivity index (χ1) is 15.7. The third-order valence-corrected chi connectivity index (χ3v) is 6.63. The Labute approximate surface area is 207 Å². The number of hydrogen-bond donors (Lipinski definition) is 2. The molecular weight excluding hydrogens is 489 g/mol. The van der Waals surface area contributed by atoms with Gasteiger partial charge in [0.1, 0.15) is 11.1 Å². The summed E-state index contributed by atoms with van der Waals surface area (Å²) in [6.45, 7) is 4.50. The molecule has 9 nitrogen and oxygen atoms in total. The third-order valence-electron chi connectivity index (χ3n) is 5.79. The van der Waals surface area contributed by atoms with E-state index >= 15 is 0 Å². The molecule has 3 amide bonds. The molecule has 2 N–H and O–H groups in total. The van der Waals surface area contributed by atoms with Crippen LogP contribution in [-0.4, -0.2) is 77.5 Å². The molecule has 0 radical (unpaired) electrons. The lowest BCUT2D eigenvalue weighted by Crippen LogP contribution is -2.54. The highest BCUT2D eigenvalue weighted by molar-refractivity contribution is 6.35. The summed E-state index contributed by atoms with van der Waals surface area (Å²) in [5.74, 6) is 0.952. The zero-order valence-electron chi connectivity index (χ0n) is 18.2. The number of aromatic nitrogens is 2. The number of rotatable bonds is 5. The van der Waals surface area contributed by atoms with Crippen molar-refractivity contribution >= 4 is 58.5 Å². The van der Waals surface area contributed by atoms with Crippen LogP contribution in [0.1, 0.15) is 18.5 Å². The highest BCUT2D eigenvalue weighted by atomic mass is 35.5. The van der Waals surface area contributed by atoms with E-state index in [4.69, 9.17) is 34.8 Å². The molecule has 0 spiro atoms. The van der Waals surface area contributed by atoms with Crippen molar-refractivity contribution in [2.45, 2.75) is 19.0 Å². The van der Waals surface area contributed by atoms with E-state index in [-0.39, 0.29) is 18.0 Å². The molecular formula is C21H24Cl3N7O2. The third kappa shape index (κ3) is 5.20. The minimum absolute atomic E-state index is 0.0691. The summed E-state index contributed by atoms with van der Waals surface area (Å²) in [4.78, 5) is 38.6. The predicted octanol–water partition coefficient (Wildman–Crippen LogP) is 3.28. The number of likely N-dealkylation sites (N-methyl/N-ethyl adjacent to an activating group) is 1. The molecule has 2 atom stereocenters. The van der Waals surface area contributed by atoms with E-state index in [0.717, 1.165) is 5.56 Å². The lowest BCUT2D eigenvalue weighted by Gasteiger charge is -2.35. The fourth-order valence-corrected chi connectivity index (χ4v) is 4.61. The van der Waals surface area contributed by atoms with Crippen LogP contribution in [0.15, 0.2) is 24.4 Å². The zero-order valence-corrected chi connectivity index (χ0v) is 20.5. The number of urea groups is 1. The fraction of sp³-hybridized carbons (Fsp3) is 0.429. The molecule has 12 heteroatoms. The van der Waals surface area contributed by atoms with Gasteiger partial charge in [0.2, 0.25) is 11.9 Å². The van der Waals surface area contributed by atoms with Crippen molar-refractivity contribution in [3.8, 4) is 0 Å². The quantitative estimate of drug-likeness (QED) is 0.639. The van der Waals surface area contributed by atoms with Gasteiger partial charge in [-0.25, -0.2) is 9.78 Å². The Kier molecular flexibility index (Phi) is 7.02. The second kappa shape index (κ2) is 9.79. The Balaban J connectivity index is 1.40. The van der Waals surface area contributed by atoms with Crippen LogP contribution in [0.25, 0.3) is 0 Å². The maximum absolute atomic E-state index is 12.7. The summed E-state index contributed by atoms with van der Waals surface area (Å²) >= 11 is 18.7. The van der Waals surface area contributed by atoms with E-state index in [9.17, 15) is 9.59 Å². The number of halogens is 3. The molecule has 2 aromatic rings. The van der Waals surface area contributed by atoms with Crippen molar-refractivity contribution < 1.29 is 9.59 Å². The highest BCUT2D eigenvalue weighted by Crippen LogP contribution is 2.30. The molecule has 2 saturated heterocycles. The summed E-state index contributed by atoms with van der Waals surface area (Å²) in [5, 5.41) is 7.52. The number of nitrogens with one attached hydrogen (secondary N) is 2. The minimum Gasteiger partial charge on any atom is -0.362 e. The van der Waals surface area contributed by atoms with Crippen molar-refractivity contribution in [1.29, 1.82) is 0 Å². The van der Waals surface area contributed by atoms with Crippen molar-refractivity contribution in [1.82, 2.24) is 25.1 Å². The summed E-state index contributed by atoms with van der Waals surface area (Å²) in [5.41, 5.74) is 0.870. The Hall–Kier alpha value is -2.49. The van der Waals surface area contributed by atoms with E-state index in [0.29, 0.717) is 59.6 Å². The average molecular weight is 513 g/mol. The Morgan fingerprint density at radius 2 is 1.91 bits per heavy atom. The molecule has 1 aromatic carbocycles. The lowest BCUT2D eigenvalue weighted by atomic mass is 10.1. The minimum atomic E-state index is -0.502. The number of benzene rings is 1. The van der Waals surface area contributed by atoms with Crippen molar-refractivity contribution in [2.24, 2.45) is 0 Å². The van der Waals surface area contributed by atoms with Crippen LogP contribution in [0, 0.1) is 0 Å². The largest absolute Gasteiger partial charge is 0.362 e. The van der Waals surface area contributed by atoms with Crippen LogP contribution in [0.2, 0.25) is 15.1 Å². The first-order valence-corrected chi connectivity index (χ1v) is 11.7. The standard InChI is InChI=1S/C21H24Cl3N7O2/c1-12(14-4-3-13(22)9-15(14)23)26-18-16(24)10-25-20(28-18)31-7-5-30(6-8-31)19(32)17-11-29(2)21(33)27-17/h3-4,9-10,12,17H,5-8,11H2,1-2H3,(H,27,33)(H,25,26,28)/t12?,17-/m1/s1. The van der Waals surface area contributed by atoms with Crippen molar-refractivity contribution in [3.05, 3.63) is 45.0 Å². The Bertz CT molecular complexity index is 1060. The van der Waals surface area contributed by atoms with Gasteiger partial charge in [0.25, 0.3) is 0 Å². The average Bonchev–Trinajstić information content (AvgIpc) is 3.13. The lowest BCUT2D eigenvalue weighted by molar-refractivity contribution is -0.133. The number of anilines is 2. The van der Waals surface area contributed by atoms with Crippen LogP contribution < -0.4 is 15.5 Å². The van der Waals surface area contributed by atoms with Gasteiger partial charge in [-0.1, -0.05) is 40.9 Å². The van der Waals surface area contributed by atoms with Gasteiger partial charge < -0.3 is 25.3 Å². The predicted molar refractivity (Wildman–Crippen MR) is 129 cm³/mol. The Morgan fingerprint density at radius 3 is 2.55 bits per heavy atom. The van der Waals surface area contributed by atoms with Gasteiger partial charge in [0, 0.05) is 43.3 Å². The molecule has 33 heavy (non-hydrogen) atoms.